The van der Waals surface area contributed by atoms with E-state index in [1.54, 1.807) is 0 Å². The molecule has 4 nitrogen and oxygen atoms in total. The van der Waals surface area contributed by atoms with Crippen LogP contribution in [0.25, 0.3) is 0 Å². The Hall–Kier alpha value is -1.76. The lowest BCUT2D eigenvalue weighted by molar-refractivity contribution is -0.137. The minimum atomic E-state index is -4.31. The highest BCUT2D eigenvalue weighted by Crippen LogP contribution is 2.57. The van der Waals surface area contributed by atoms with Gasteiger partial charge in [-0.05, 0) is 55.5 Å². The van der Waals surface area contributed by atoms with Gasteiger partial charge < -0.3 is 15.1 Å². The van der Waals surface area contributed by atoms with Crippen molar-refractivity contribution in [3.63, 3.8) is 0 Å². The van der Waals surface area contributed by atoms with Gasteiger partial charge in [-0.25, -0.2) is 0 Å². The summed E-state index contributed by atoms with van der Waals surface area (Å²) in [6.45, 7) is 4.60. The molecule has 1 aromatic carbocycles. The summed E-state index contributed by atoms with van der Waals surface area (Å²) in [5.41, 5.74) is 0.347. The van der Waals surface area contributed by atoms with Gasteiger partial charge >= 0.3 is 6.18 Å². The van der Waals surface area contributed by atoms with Crippen LogP contribution >= 0.6 is 0 Å². The molecule has 0 bridgehead atoms. The smallest absolute Gasteiger partial charge is 0.368 e. The van der Waals surface area contributed by atoms with Crippen LogP contribution in [0.3, 0.4) is 0 Å². The van der Waals surface area contributed by atoms with Gasteiger partial charge in [0.25, 0.3) is 0 Å². The van der Waals surface area contributed by atoms with E-state index in [-0.39, 0.29) is 17.2 Å². The molecule has 26 heavy (non-hydrogen) atoms. The van der Waals surface area contributed by atoms with Gasteiger partial charge in [-0.15, -0.1) is 0 Å². The van der Waals surface area contributed by atoms with Crippen molar-refractivity contribution in [2.24, 2.45) is 11.3 Å². The third-order valence-corrected chi connectivity index (χ3v) is 6.14. The van der Waals surface area contributed by atoms with Gasteiger partial charge in [0.1, 0.15) is 0 Å². The van der Waals surface area contributed by atoms with E-state index in [0.717, 1.165) is 50.2 Å². The van der Waals surface area contributed by atoms with Crippen molar-refractivity contribution in [1.82, 2.24) is 10.2 Å². The highest BCUT2D eigenvalue weighted by Gasteiger charge is 2.58. The SMILES string of the molecule is O=C(C1CC12CCCNC2)N1CCN(c2ccc(C(F)(F)F)cc2)CC1. The Morgan fingerprint density at radius 1 is 1.12 bits per heavy atom. The number of rotatable bonds is 2. The van der Waals surface area contributed by atoms with Crippen LogP contribution < -0.4 is 10.2 Å². The fourth-order valence-electron chi connectivity index (χ4n) is 4.43. The van der Waals surface area contributed by atoms with Crippen LogP contribution in [0.15, 0.2) is 24.3 Å². The number of carbonyl (C=O) groups excluding carboxylic acids is 1. The van der Waals surface area contributed by atoms with Gasteiger partial charge in [0, 0.05) is 44.3 Å². The Morgan fingerprint density at radius 3 is 2.38 bits per heavy atom. The number of hydrogen-bond acceptors (Lipinski definition) is 3. The van der Waals surface area contributed by atoms with Gasteiger partial charge in [0.2, 0.25) is 5.91 Å². The molecule has 3 fully saturated rings. The van der Waals surface area contributed by atoms with E-state index < -0.39 is 11.7 Å². The minimum Gasteiger partial charge on any atom is -0.368 e. The van der Waals surface area contributed by atoms with Gasteiger partial charge in [-0.2, -0.15) is 13.2 Å². The van der Waals surface area contributed by atoms with Crippen molar-refractivity contribution >= 4 is 11.6 Å². The van der Waals surface area contributed by atoms with E-state index in [1.165, 1.54) is 12.1 Å². The molecule has 2 saturated heterocycles. The summed E-state index contributed by atoms with van der Waals surface area (Å²) < 4.78 is 38.0. The molecule has 1 amide bonds. The summed E-state index contributed by atoms with van der Waals surface area (Å²) in [5.74, 6) is 0.425. The number of nitrogens with zero attached hydrogens (tertiary/aromatic N) is 2. The third-order valence-electron chi connectivity index (χ3n) is 6.14. The first-order valence-electron chi connectivity index (χ1n) is 9.31. The summed E-state index contributed by atoms with van der Waals surface area (Å²) >= 11 is 0. The Kier molecular flexibility index (Phi) is 4.37. The van der Waals surface area contributed by atoms with E-state index in [2.05, 4.69) is 10.2 Å². The molecule has 4 rings (SSSR count). The molecule has 2 unspecified atom stereocenters. The fraction of sp³-hybridized carbons (Fsp3) is 0.632. The number of hydrogen-bond donors (Lipinski definition) is 1. The van der Waals surface area contributed by atoms with Gasteiger partial charge in [0.05, 0.1) is 5.56 Å². The summed E-state index contributed by atoms with van der Waals surface area (Å²) in [6.07, 6.45) is -1.02. The van der Waals surface area contributed by atoms with Crippen LogP contribution in [0, 0.1) is 11.3 Å². The van der Waals surface area contributed by atoms with Crippen molar-refractivity contribution in [3.8, 4) is 0 Å². The molecular formula is C19H24F3N3O. The highest BCUT2D eigenvalue weighted by molar-refractivity contribution is 5.83. The molecule has 1 spiro atoms. The van der Waals surface area contributed by atoms with E-state index in [4.69, 9.17) is 0 Å². The van der Waals surface area contributed by atoms with Gasteiger partial charge in [-0.1, -0.05) is 0 Å². The molecular weight excluding hydrogens is 343 g/mol. The molecule has 1 aromatic rings. The Balaban J connectivity index is 1.32. The third kappa shape index (κ3) is 3.29. The molecule has 142 valence electrons. The topological polar surface area (TPSA) is 35.6 Å². The van der Waals surface area contributed by atoms with Crippen molar-refractivity contribution in [3.05, 3.63) is 29.8 Å². The Morgan fingerprint density at radius 2 is 1.81 bits per heavy atom. The summed E-state index contributed by atoms with van der Waals surface area (Å²) in [5, 5.41) is 3.41. The lowest BCUT2D eigenvalue weighted by Gasteiger charge is -2.37. The van der Waals surface area contributed by atoms with Crippen LogP contribution in [0.5, 0.6) is 0 Å². The quantitative estimate of drug-likeness (QED) is 0.873. The molecule has 0 radical (unpaired) electrons. The largest absolute Gasteiger partial charge is 0.416 e. The standard InChI is InChI=1S/C19H24F3N3O/c20-19(21,22)14-2-4-15(5-3-14)24-8-10-25(11-9-24)17(26)16-12-18(16)6-1-7-23-13-18/h2-5,16,23H,1,6-13H2. The lowest BCUT2D eigenvalue weighted by atomic mass is 9.93. The first-order chi connectivity index (χ1) is 12.4. The number of halogens is 3. The summed E-state index contributed by atoms with van der Waals surface area (Å²) in [4.78, 5) is 16.8. The molecule has 1 N–H and O–H groups in total. The van der Waals surface area contributed by atoms with Crippen molar-refractivity contribution in [2.75, 3.05) is 44.2 Å². The average molecular weight is 367 g/mol. The number of piperazine rings is 1. The number of anilines is 1. The summed E-state index contributed by atoms with van der Waals surface area (Å²) in [6, 6.07) is 5.28. The number of alkyl halides is 3. The zero-order valence-electron chi connectivity index (χ0n) is 14.7. The van der Waals surface area contributed by atoms with Crippen LogP contribution in [0.1, 0.15) is 24.8 Å². The molecule has 7 heteroatoms. The van der Waals surface area contributed by atoms with E-state index >= 15 is 0 Å². The first-order valence-corrected chi connectivity index (χ1v) is 9.31. The van der Waals surface area contributed by atoms with E-state index in [1.807, 2.05) is 4.90 Å². The van der Waals surface area contributed by atoms with Crippen LogP contribution in [-0.4, -0.2) is 50.1 Å². The second-order valence-electron chi connectivity index (χ2n) is 7.76. The highest BCUT2D eigenvalue weighted by atomic mass is 19.4. The molecule has 2 heterocycles. The molecule has 2 aliphatic heterocycles. The lowest BCUT2D eigenvalue weighted by Crippen LogP contribution is -2.50. The zero-order valence-corrected chi connectivity index (χ0v) is 14.7. The predicted molar refractivity (Wildman–Crippen MR) is 92.9 cm³/mol. The molecule has 0 aromatic heterocycles. The normalized spacial score (nSPS) is 29.1. The second-order valence-corrected chi connectivity index (χ2v) is 7.76. The monoisotopic (exact) mass is 367 g/mol. The molecule has 3 aliphatic rings. The van der Waals surface area contributed by atoms with E-state index in [0.29, 0.717) is 26.2 Å². The average Bonchev–Trinajstić information content (AvgIpc) is 3.34. The predicted octanol–water partition coefficient (Wildman–Crippen LogP) is 2.74. The maximum absolute atomic E-state index is 12.8. The Labute approximate surface area is 151 Å². The molecule has 2 atom stereocenters. The van der Waals surface area contributed by atoms with Gasteiger partial charge in [0.15, 0.2) is 0 Å². The van der Waals surface area contributed by atoms with Crippen molar-refractivity contribution in [1.29, 1.82) is 0 Å². The van der Waals surface area contributed by atoms with Crippen LogP contribution in [0.4, 0.5) is 18.9 Å². The number of benzene rings is 1. The number of nitrogens with one attached hydrogen (secondary N) is 1. The number of amides is 1. The second kappa shape index (κ2) is 6.44. The number of carbonyl (C=O) groups is 1. The van der Waals surface area contributed by atoms with Gasteiger partial charge in [-0.3, -0.25) is 4.79 Å². The maximum Gasteiger partial charge on any atom is 0.416 e. The molecule has 1 saturated carbocycles. The maximum atomic E-state index is 12.8. The number of piperidine rings is 1. The van der Waals surface area contributed by atoms with Crippen LogP contribution in [0.2, 0.25) is 0 Å². The fourth-order valence-corrected chi connectivity index (χ4v) is 4.43. The molecule has 1 aliphatic carbocycles. The van der Waals surface area contributed by atoms with Crippen molar-refractivity contribution < 1.29 is 18.0 Å². The summed E-state index contributed by atoms with van der Waals surface area (Å²) in [7, 11) is 0. The zero-order chi connectivity index (χ0) is 18.4. The van der Waals surface area contributed by atoms with E-state index in [9.17, 15) is 18.0 Å². The van der Waals surface area contributed by atoms with Crippen molar-refractivity contribution in [2.45, 2.75) is 25.4 Å². The van der Waals surface area contributed by atoms with Crippen LogP contribution in [-0.2, 0) is 11.0 Å². The minimum absolute atomic E-state index is 0.160. The Bertz CT molecular complexity index is 660. The first kappa shape index (κ1) is 17.6.